The Hall–Kier alpha value is -4.14. The van der Waals surface area contributed by atoms with Gasteiger partial charge in [-0.2, -0.15) is 5.10 Å². The summed E-state index contributed by atoms with van der Waals surface area (Å²) in [5.74, 6) is 4.51. The third kappa shape index (κ3) is 3.80. The number of carbonyl (C=O) groups excluding carboxylic acids is 1. The van der Waals surface area contributed by atoms with E-state index < -0.39 is 0 Å². The van der Waals surface area contributed by atoms with Crippen molar-refractivity contribution in [2.24, 2.45) is 7.05 Å². The Morgan fingerprint density at radius 1 is 1.14 bits per heavy atom. The molecular formula is C27H26N6O3. The highest BCUT2D eigenvalue weighted by Crippen LogP contribution is 2.41. The fraction of sp³-hybridized carbons (Fsp3) is 0.333. The quantitative estimate of drug-likeness (QED) is 0.434. The first-order valence-corrected chi connectivity index (χ1v) is 12.4. The van der Waals surface area contributed by atoms with Gasteiger partial charge in [-0.1, -0.05) is 0 Å². The Balaban J connectivity index is 1.11. The first-order valence-electron chi connectivity index (χ1n) is 12.4. The number of imidazole rings is 1. The number of hydrogen-bond donors (Lipinski definition) is 2. The summed E-state index contributed by atoms with van der Waals surface area (Å²) in [6.07, 6.45) is 7.91. The minimum absolute atomic E-state index is 0.0167. The van der Waals surface area contributed by atoms with Gasteiger partial charge in [0.05, 0.1) is 23.9 Å². The standard InChI is InChI=1S/C27H26N6O3/c1-33-22(12-20(32-33)15-2-3-15)21-13-29-26(30-21)17-10-16-11-18(4-6-23(16)35-14-17)36-24-8-9-28-27-19(24)5-7-25(34)31-27/h4,6,8-9,11-13,15,17H,2-3,5,7,10,14H2,1H3,(H,29,30)(H,28,31,34). The minimum atomic E-state index is -0.0167. The van der Waals surface area contributed by atoms with Crippen LogP contribution in [0.15, 0.2) is 42.7 Å². The summed E-state index contributed by atoms with van der Waals surface area (Å²) < 4.78 is 14.3. The van der Waals surface area contributed by atoms with Crippen molar-refractivity contribution in [1.29, 1.82) is 0 Å². The lowest BCUT2D eigenvalue weighted by atomic mass is 9.96. The van der Waals surface area contributed by atoms with Gasteiger partial charge < -0.3 is 19.8 Å². The van der Waals surface area contributed by atoms with Crippen molar-refractivity contribution in [2.75, 3.05) is 11.9 Å². The maximum absolute atomic E-state index is 11.7. The number of ether oxygens (including phenoxy) is 2. The van der Waals surface area contributed by atoms with Crippen molar-refractivity contribution in [2.45, 2.75) is 43.9 Å². The molecule has 9 nitrogen and oxygen atoms in total. The van der Waals surface area contributed by atoms with Gasteiger partial charge in [-0.05, 0) is 61.6 Å². The highest BCUT2D eigenvalue weighted by atomic mass is 16.5. The first-order chi connectivity index (χ1) is 17.6. The number of aromatic amines is 1. The minimum Gasteiger partial charge on any atom is -0.493 e. The van der Waals surface area contributed by atoms with Crippen LogP contribution in [0.1, 0.15) is 53.7 Å². The van der Waals surface area contributed by atoms with Gasteiger partial charge in [0.1, 0.15) is 34.6 Å². The predicted molar refractivity (Wildman–Crippen MR) is 132 cm³/mol. The number of aryl methyl sites for hydroxylation is 1. The number of nitrogens with zero attached hydrogens (tertiary/aromatic N) is 4. The van der Waals surface area contributed by atoms with Gasteiger partial charge in [0.2, 0.25) is 5.91 Å². The predicted octanol–water partition coefficient (Wildman–Crippen LogP) is 4.48. The summed E-state index contributed by atoms with van der Waals surface area (Å²) in [7, 11) is 1.98. The highest BCUT2D eigenvalue weighted by Gasteiger charge is 2.29. The highest BCUT2D eigenvalue weighted by molar-refractivity contribution is 5.93. The lowest BCUT2D eigenvalue weighted by Crippen LogP contribution is -2.20. The number of H-pyrrole nitrogens is 1. The van der Waals surface area contributed by atoms with Gasteiger partial charge >= 0.3 is 0 Å². The molecule has 0 bridgehead atoms. The maximum atomic E-state index is 11.7. The average Bonchev–Trinajstić information content (AvgIpc) is 3.49. The molecule has 4 aromatic rings. The third-order valence-corrected chi connectivity index (χ3v) is 7.18. The lowest BCUT2D eigenvalue weighted by Gasteiger charge is -2.25. The maximum Gasteiger partial charge on any atom is 0.225 e. The van der Waals surface area contributed by atoms with E-state index in [9.17, 15) is 4.79 Å². The summed E-state index contributed by atoms with van der Waals surface area (Å²) in [4.78, 5) is 24.3. The van der Waals surface area contributed by atoms with Crippen molar-refractivity contribution in [1.82, 2.24) is 24.7 Å². The topological polar surface area (TPSA) is 107 Å². The van der Waals surface area contributed by atoms with E-state index >= 15 is 0 Å². The van der Waals surface area contributed by atoms with Gasteiger partial charge in [0.15, 0.2) is 0 Å². The molecule has 9 heteroatoms. The van der Waals surface area contributed by atoms with Crippen molar-refractivity contribution < 1.29 is 14.3 Å². The molecule has 182 valence electrons. The van der Waals surface area contributed by atoms with Crippen LogP contribution in [0.25, 0.3) is 11.4 Å². The molecule has 0 spiro atoms. The normalized spacial score (nSPS) is 18.7. The van der Waals surface area contributed by atoms with Crippen LogP contribution in [-0.2, 0) is 24.7 Å². The number of nitrogens with one attached hydrogen (secondary N) is 2. The van der Waals surface area contributed by atoms with Crippen LogP contribution in [0.2, 0.25) is 0 Å². The fourth-order valence-electron chi connectivity index (χ4n) is 5.07. The average molecular weight is 483 g/mol. The van der Waals surface area contributed by atoms with E-state index in [1.807, 2.05) is 42.2 Å². The zero-order valence-corrected chi connectivity index (χ0v) is 20.0. The van der Waals surface area contributed by atoms with Crippen molar-refractivity contribution in [3.05, 3.63) is 65.4 Å². The number of aromatic nitrogens is 5. The van der Waals surface area contributed by atoms with Crippen LogP contribution in [-0.4, -0.2) is 37.2 Å². The van der Waals surface area contributed by atoms with Gasteiger partial charge in [0, 0.05) is 37.3 Å². The summed E-state index contributed by atoms with van der Waals surface area (Å²) in [5, 5.41) is 7.50. The molecule has 2 aliphatic heterocycles. The number of anilines is 1. The Morgan fingerprint density at radius 3 is 2.94 bits per heavy atom. The SMILES string of the molecule is Cn1nc(C2CC2)cc1-c1c[nH]c(C2COc3ccc(Oc4ccnc5c4CCC(=O)N5)cc3C2)n1. The molecular weight excluding hydrogens is 456 g/mol. The fourth-order valence-corrected chi connectivity index (χ4v) is 5.07. The smallest absolute Gasteiger partial charge is 0.225 e. The van der Waals surface area contributed by atoms with E-state index in [-0.39, 0.29) is 11.8 Å². The number of hydrogen-bond acceptors (Lipinski definition) is 6. The van der Waals surface area contributed by atoms with Gasteiger partial charge in [-0.15, -0.1) is 0 Å². The number of amides is 1. The van der Waals surface area contributed by atoms with Gasteiger partial charge in [-0.25, -0.2) is 9.97 Å². The molecule has 0 saturated heterocycles. The second-order valence-electron chi connectivity index (χ2n) is 9.79. The third-order valence-electron chi connectivity index (χ3n) is 7.18. The van der Waals surface area contributed by atoms with Crippen LogP contribution < -0.4 is 14.8 Å². The molecule has 7 rings (SSSR count). The Labute approximate surface area is 207 Å². The summed E-state index contributed by atoms with van der Waals surface area (Å²) >= 11 is 0. The number of rotatable bonds is 5. The van der Waals surface area contributed by atoms with Crippen LogP contribution in [0, 0.1) is 0 Å². The molecule has 1 atom stereocenters. The molecule has 3 aromatic heterocycles. The van der Waals surface area contributed by atoms with E-state index in [1.165, 1.54) is 12.8 Å². The van der Waals surface area contributed by atoms with Gasteiger partial charge in [-0.3, -0.25) is 9.48 Å². The summed E-state index contributed by atoms with van der Waals surface area (Å²) in [5.41, 5.74) is 5.10. The molecule has 1 aromatic carbocycles. The summed E-state index contributed by atoms with van der Waals surface area (Å²) in [6.45, 7) is 0.566. The van der Waals surface area contributed by atoms with E-state index in [1.54, 1.807) is 6.20 Å². The van der Waals surface area contributed by atoms with E-state index in [4.69, 9.17) is 14.5 Å². The molecule has 1 saturated carbocycles. The van der Waals surface area contributed by atoms with Crippen molar-refractivity contribution >= 4 is 11.7 Å². The summed E-state index contributed by atoms with van der Waals surface area (Å²) in [6, 6.07) is 9.91. The molecule has 3 aliphatic rings. The number of pyridine rings is 1. The first kappa shape index (κ1) is 21.2. The lowest BCUT2D eigenvalue weighted by molar-refractivity contribution is -0.116. The molecule has 1 unspecified atom stereocenters. The Kier molecular flexibility index (Phi) is 4.83. The number of benzene rings is 1. The zero-order chi connectivity index (χ0) is 24.2. The van der Waals surface area contributed by atoms with Crippen LogP contribution in [0.5, 0.6) is 17.2 Å². The monoisotopic (exact) mass is 482 g/mol. The van der Waals surface area contributed by atoms with E-state index in [2.05, 4.69) is 26.4 Å². The van der Waals surface area contributed by atoms with Crippen LogP contribution in [0.3, 0.4) is 0 Å². The number of carbonyl (C=O) groups is 1. The van der Waals surface area contributed by atoms with Crippen molar-refractivity contribution in [3.8, 4) is 28.6 Å². The largest absolute Gasteiger partial charge is 0.493 e. The molecule has 5 heterocycles. The molecule has 36 heavy (non-hydrogen) atoms. The van der Waals surface area contributed by atoms with Crippen LogP contribution in [0.4, 0.5) is 5.82 Å². The molecule has 1 aliphatic carbocycles. The second kappa shape index (κ2) is 8.22. The molecule has 2 N–H and O–H groups in total. The Bertz CT molecular complexity index is 1480. The van der Waals surface area contributed by atoms with Crippen molar-refractivity contribution in [3.63, 3.8) is 0 Å². The van der Waals surface area contributed by atoms with Crippen LogP contribution >= 0.6 is 0 Å². The molecule has 0 radical (unpaired) electrons. The second-order valence-corrected chi connectivity index (χ2v) is 9.79. The van der Waals surface area contributed by atoms with Gasteiger partial charge in [0.25, 0.3) is 0 Å². The molecule has 1 amide bonds. The van der Waals surface area contributed by atoms with E-state index in [0.29, 0.717) is 36.9 Å². The number of fused-ring (bicyclic) bond motifs is 2. The zero-order valence-electron chi connectivity index (χ0n) is 20.0. The van der Waals surface area contributed by atoms with E-state index in [0.717, 1.165) is 52.0 Å². The molecule has 1 fully saturated rings. The Morgan fingerprint density at radius 2 is 2.06 bits per heavy atom.